The molecular formula is C34H43N7O3S. The highest BCUT2D eigenvalue weighted by Crippen LogP contribution is 2.36. The maximum absolute atomic E-state index is 12.8. The molecule has 45 heavy (non-hydrogen) atoms. The Labute approximate surface area is 267 Å². The summed E-state index contributed by atoms with van der Waals surface area (Å²) in [6.07, 6.45) is 3.24. The van der Waals surface area contributed by atoms with Crippen molar-refractivity contribution < 1.29 is 13.2 Å². The number of ether oxygens (including phenoxy) is 1. The summed E-state index contributed by atoms with van der Waals surface area (Å²) in [6.45, 7) is 19.6. The van der Waals surface area contributed by atoms with Gasteiger partial charge in [-0.3, -0.25) is 0 Å². The largest absolute Gasteiger partial charge is 0.459 e. The maximum atomic E-state index is 12.8. The van der Waals surface area contributed by atoms with Crippen LogP contribution < -0.4 is 14.5 Å². The molecule has 0 N–H and O–H groups in total. The van der Waals surface area contributed by atoms with Gasteiger partial charge in [0.05, 0.1) is 12.2 Å². The molecule has 0 radical (unpaired) electrons. The molecular weight excluding hydrogens is 586 g/mol. The molecule has 238 valence electrons. The zero-order valence-electron chi connectivity index (χ0n) is 26.5. The molecule has 2 atom stereocenters. The van der Waals surface area contributed by atoms with Crippen LogP contribution in [0.2, 0.25) is 0 Å². The van der Waals surface area contributed by atoms with Gasteiger partial charge in [-0.1, -0.05) is 36.9 Å². The van der Waals surface area contributed by atoms with E-state index in [2.05, 4.69) is 83.4 Å². The Morgan fingerprint density at radius 1 is 1.16 bits per heavy atom. The lowest BCUT2D eigenvalue weighted by Gasteiger charge is -2.40. The number of likely N-dealkylation sites (N-methyl/N-ethyl adjacent to an activating group) is 1. The molecule has 1 saturated heterocycles. The molecule has 3 aromatic rings. The summed E-state index contributed by atoms with van der Waals surface area (Å²) in [5.41, 5.74) is 4.42. The molecule has 10 nitrogen and oxygen atoms in total. The zero-order chi connectivity index (χ0) is 31.7. The molecule has 0 unspecified atom stereocenters. The van der Waals surface area contributed by atoms with Crippen LogP contribution >= 0.6 is 0 Å². The molecule has 0 bridgehead atoms. The van der Waals surface area contributed by atoms with Crippen molar-refractivity contribution >= 4 is 32.3 Å². The van der Waals surface area contributed by atoms with Crippen LogP contribution in [0.3, 0.4) is 0 Å². The highest BCUT2D eigenvalue weighted by atomic mass is 32.2. The van der Waals surface area contributed by atoms with E-state index < -0.39 is 16.1 Å². The molecule has 2 aromatic carbocycles. The first-order valence-electron chi connectivity index (χ1n) is 15.9. The minimum Gasteiger partial charge on any atom is -0.459 e. The van der Waals surface area contributed by atoms with Crippen molar-refractivity contribution in [3.8, 4) is 6.01 Å². The Kier molecular flexibility index (Phi) is 9.00. The zero-order valence-corrected chi connectivity index (χ0v) is 27.3. The molecule has 1 aromatic heterocycles. The summed E-state index contributed by atoms with van der Waals surface area (Å²) >= 11 is 0. The number of nitrogens with zero attached hydrogens (tertiary/aromatic N) is 7. The predicted octanol–water partition coefficient (Wildman–Crippen LogP) is 4.49. The van der Waals surface area contributed by atoms with Crippen molar-refractivity contribution in [2.75, 3.05) is 62.7 Å². The van der Waals surface area contributed by atoms with Crippen LogP contribution in [0.4, 0.5) is 11.5 Å². The van der Waals surface area contributed by atoms with E-state index in [1.807, 2.05) is 0 Å². The van der Waals surface area contributed by atoms with E-state index in [0.717, 1.165) is 54.5 Å². The molecule has 1 aliphatic carbocycles. The second kappa shape index (κ2) is 12.9. The normalized spacial score (nSPS) is 19.8. The third-order valence-electron chi connectivity index (χ3n) is 9.16. The van der Waals surface area contributed by atoms with Gasteiger partial charge in [0.15, 0.2) is 0 Å². The Morgan fingerprint density at radius 3 is 2.67 bits per heavy atom. The first kappa shape index (κ1) is 31.3. The average Bonchev–Trinajstić information content (AvgIpc) is 3.84. The molecule has 3 aliphatic rings. The summed E-state index contributed by atoms with van der Waals surface area (Å²) in [5, 5.41) is 3.44. The monoisotopic (exact) mass is 629 g/mol. The average molecular weight is 630 g/mol. The van der Waals surface area contributed by atoms with E-state index in [-0.39, 0.29) is 19.2 Å². The van der Waals surface area contributed by atoms with Crippen LogP contribution in [0.25, 0.3) is 15.6 Å². The number of sulfonamides is 1. The highest BCUT2D eigenvalue weighted by Gasteiger charge is 2.38. The van der Waals surface area contributed by atoms with Gasteiger partial charge in [-0.2, -0.15) is 14.3 Å². The molecule has 0 amide bonds. The second-order valence-corrected chi connectivity index (χ2v) is 14.6. The number of hydrogen-bond donors (Lipinski definition) is 0. The van der Waals surface area contributed by atoms with E-state index >= 15 is 0 Å². The van der Waals surface area contributed by atoms with Crippen molar-refractivity contribution in [1.82, 2.24) is 19.2 Å². The molecule has 3 heterocycles. The number of hydrogen-bond acceptors (Lipinski definition) is 8. The Balaban J connectivity index is 1.33. The van der Waals surface area contributed by atoms with Gasteiger partial charge in [0.1, 0.15) is 18.0 Å². The highest BCUT2D eigenvalue weighted by molar-refractivity contribution is 7.92. The fourth-order valence-corrected chi connectivity index (χ4v) is 7.94. The Bertz CT molecular complexity index is 1710. The van der Waals surface area contributed by atoms with Crippen molar-refractivity contribution in [1.29, 1.82) is 0 Å². The molecule has 0 spiro atoms. The smallest absolute Gasteiger partial charge is 0.318 e. The molecule has 2 fully saturated rings. The molecule has 2 aliphatic heterocycles. The maximum Gasteiger partial charge on any atom is 0.318 e. The summed E-state index contributed by atoms with van der Waals surface area (Å²) in [5.74, 6) is 1.58. The summed E-state index contributed by atoms with van der Waals surface area (Å²) in [4.78, 5) is 20.4. The van der Waals surface area contributed by atoms with Gasteiger partial charge in [0, 0.05) is 61.3 Å². The second-order valence-electron chi connectivity index (χ2n) is 12.7. The lowest BCUT2D eigenvalue weighted by atomic mass is 9.99. The van der Waals surface area contributed by atoms with Crippen LogP contribution in [0, 0.1) is 19.4 Å². The quantitative estimate of drug-likeness (QED) is 0.287. The number of fused-ring (bicyclic) bond motifs is 2. The van der Waals surface area contributed by atoms with Gasteiger partial charge in [0.25, 0.3) is 0 Å². The number of aromatic nitrogens is 2. The van der Waals surface area contributed by atoms with Gasteiger partial charge < -0.3 is 24.3 Å². The van der Waals surface area contributed by atoms with Gasteiger partial charge in [-0.05, 0) is 63.1 Å². The number of piperazine rings is 1. The van der Waals surface area contributed by atoms with Gasteiger partial charge >= 0.3 is 6.01 Å². The Hall–Kier alpha value is -3.72. The SMILES string of the molecule is [C-]#[N+]C[C@H]1CN(c2nc(O[C@@H](C)CN(C)CC3CC3)nc3c2CCN(c2cccc4cccc(C)c24)C3)CCN1S(=O)(=O)C=C. The van der Waals surface area contributed by atoms with Crippen molar-refractivity contribution in [3.63, 3.8) is 0 Å². The third kappa shape index (κ3) is 6.78. The van der Waals surface area contributed by atoms with Crippen LogP contribution in [0.15, 0.2) is 48.4 Å². The number of benzene rings is 2. The van der Waals surface area contributed by atoms with E-state index in [1.54, 1.807) is 0 Å². The molecule has 6 rings (SSSR count). The molecule has 11 heteroatoms. The number of aryl methyl sites for hydroxylation is 1. The molecule has 1 saturated carbocycles. The summed E-state index contributed by atoms with van der Waals surface area (Å²) in [6, 6.07) is 12.7. The number of anilines is 2. The summed E-state index contributed by atoms with van der Waals surface area (Å²) in [7, 11) is -1.52. The topological polar surface area (TPSA) is 86.5 Å². The predicted molar refractivity (Wildman–Crippen MR) is 179 cm³/mol. The van der Waals surface area contributed by atoms with Crippen molar-refractivity contribution in [2.24, 2.45) is 5.92 Å². The van der Waals surface area contributed by atoms with E-state index in [4.69, 9.17) is 21.3 Å². The minimum atomic E-state index is -3.66. The van der Waals surface area contributed by atoms with E-state index in [9.17, 15) is 8.42 Å². The van der Waals surface area contributed by atoms with Crippen LogP contribution in [-0.4, -0.2) is 92.6 Å². The van der Waals surface area contributed by atoms with E-state index in [0.29, 0.717) is 25.6 Å². The van der Waals surface area contributed by atoms with Gasteiger partial charge in [-0.25, -0.2) is 15.0 Å². The van der Waals surface area contributed by atoms with Crippen molar-refractivity contribution in [2.45, 2.75) is 51.8 Å². The van der Waals surface area contributed by atoms with Gasteiger partial charge in [0.2, 0.25) is 16.6 Å². The first-order chi connectivity index (χ1) is 21.7. The minimum absolute atomic E-state index is 0.0682. The lowest BCUT2D eigenvalue weighted by Crippen LogP contribution is -2.56. The number of rotatable bonds is 11. The van der Waals surface area contributed by atoms with Crippen molar-refractivity contribution in [3.05, 3.63) is 76.6 Å². The van der Waals surface area contributed by atoms with Gasteiger partial charge in [-0.15, -0.1) is 0 Å². The van der Waals surface area contributed by atoms with E-state index in [1.165, 1.54) is 39.2 Å². The van der Waals surface area contributed by atoms with Crippen LogP contribution in [0.5, 0.6) is 6.01 Å². The lowest BCUT2D eigenvalue weighted by molar-refractivity contribution is 0.148. The van der Waals surface area contributed by atoms with Crippen LogP contribution in [0.1, 0.15) is 36.6 Å². The van der Waals surface area contributed by atoms with Crippen LogP contribution in [-0.2, 0) is 23.0 Å². The fraction of sp³-hybridized carbons (Fsp3) is 0.500. The standard InChI is InChI=1S/C34H43N7O3S/c1-6-45(42,43)41-18-17-40(22-28(41)19-35-4)33-29-15-16-39(31-12-8-11-27-10-7-9-24(2)32(27)31)23-30(29)36-34(37-33)44-25(3)20-38(5)21-26-13-14-26/h6-12,25-26,28H,1,13-23H2,2-3,5H3/t25-,28-/m0/s1. The summed E-state index contributed by atoms with van der Waals surface area (Å²) < 4.78 is 33.3. The Morgan fingerprint density at radius 2 is 1.93 bits per heavy atom. The first-order valence-corrected chi connectivity index (χ1v) is 17.4. The fourth-order valence-electron chi connectivity index (χ4n) is 6.87. The third-order valence-corrected chi connectivity index (χ3v) is 10.7.